The first-order valence-electron chi connectivity index (χ1n) is 11.9. The number of imidazole rings is 1. The highest BCUT2D eigenvalue weighted by atomic mass is 15.0. The molecule has 4 heterocycles. The average molecular weight is 463 g/mol. The molecule has 2 N–H and O–H groups in total. The molecule has 0 bridgehead atoms. The standard InChI is InChI=1S/C29H30N6/c1-5-7-8-26-21(4)24(17-33-26)11-12-31-27-14-23(13-25-10-9-22(15-30)16-32-25)19-35-28(20(3)6-2)18-34-29(27)35/h1,7-10,14,16-20,31,33H,6,11-13H2,2-4H3/b8-7-. The van der Waals surface area contributed by atoms with Crippen LogP contribution in [-0.2, 0) is 12.8 Å². The molecule has 0 aromatic carbocycles. The van der Waals surface area contributed by atoms with Gasteiger partial charge in [-0.3, -0.25) is 4.98 Å². The Labute approximate surface area is 206 Å². The first-order valence-corrected chi connectivity index (χ1v) is 11.9. The lowest BCUT2D eigenvalue weighted by Crippen LogP contribution is -2.08. The van der Waals surface area contributed by atoms with Gasteiger partial charge in [0.15, 0.2) is 5.65 Å². The molecule has 1 unspecified atom stereocenters. The van der Waals surface area contributed by atoms with Gasteiger partial charge in [0.25, 0.3) is 0 Å². The second-order valence-electron chi connectivity index (χ2n) is 8.80. The van der Waals surface area contributed by atoms with E-state index in [1.165, 1.54) is 16.8 Å². The van der Waals surface area contributed by atoms with Crippen LogP contribution in [0.5, 0.6) is 0 Å². The molecule has 0 fully saturated rings. The summed E-state index contributed by atoms with van der Waals surface area (Å²) in [5, 5.41) is 12.7. The zero-order valence-electron chi connectivity index (χ0n) is 20.5. The van der Waals surface area contributed by atoms with E-state index in [9.17, 15) is 0 Å². The second-order valence-corrected chi connectivity index (χ2v) is 8.80. The molecule has 0 aliphatic carbocycles. The highest BCUT2D eigenvalue weighted by molar-refractivity contribution is 5.69. The van der Waals surface area contributed by atoms with Gasteiger partial charge in [-0.2, -0.15) is 5.26 Å². The minimum Gasteiger partial charge on any atom is -0.382 e. The van der Waals surface area contributed by atoms with E-state index in [-0.39, 0.29) is 0 Å². The van der Waals surface area contributed by atoms with Crippen LogP contribution >= 0.6 is 0 Å². The van der Waals surface area contributed by atoms with Gasteiger partial charge in [-0.15, -0.1) is 6.42 Å². The van der Waals surface area contributed by atoms with Gasteiger partial charge in [0, 0.05) is 54.8 Å². The number of fused-ring (bicyclic) bond motifs is 1. The molecule has 0 aliphatic rings. The van der Waals surface area contributed by atoms with Crippen molar-refractivity contribution in [1.29, 1.82) is 5.26 Å². The Bertz CT molecular complexity index is 1420. The summed E-state index contributed by atoms with van der Waals surface area (Å²) in [6.45, 7) is 7.31. The monoisotopic (exact) mass is 462 g/mol. The van der Waals surface area contributed by atoms with Crippen LogP contribution in [0.3, 0.4) is 0 Å². The van der Waals surface area contributed by atoms with Gasteiger partial charge < -0.3 is 14.7 Å². The molecule has 0 saturated carbocycles. The van der Waals surface area contributed by atoms with Crippen LogP contribution in [0.1, 0.15) is 65.5 Å². The van der Waals surface area contributed by atoms with E-state index in [0.29, 0.717) is 17.9 Å². The largest absolute Gasteiger partial charge is 0.382 e. The number of aromatic amines is 1. The molecule has 0 radical (unpaired) electrons. The number of nitrogens with zero attached hydrogens (tertiary/aromatic N) is 4. The number of rotatable bonds is 9. The summed E-state index contributed by atoms with van der Waals surface area (Å²) in [6, 6.07) is 8.02. The Kier molecular flexibility index (Phi) is 7.33. The number of H-pyrrole nitrogens is 1. The van der Waals surface area contributed by atoms with E-state index < -0.39 is 0 Å². The highest BCUT2D eigenvalue weighted by Gasteiger charge is 2.14. The van der Waals surface area contributed by atoms with E-state index >= 15 is 0 Å². The third kappa shape index (κ3) is 5.28. The van der Waals surface area contributed by atoms with Crippen LogP contribution in [0.4, 0.5) is 5.69 Å². The topological polar surface area (TPSA) is 81.8 Å². The normalized spacial score (nSPS) is 12.0. The lowest BCUT2D eigenvalue weighted by atomic mass is 10.1. The van der Waals surface area contributed by atoms with Crippen molar-refractivity contribution in [2.24, 2.45) is 0 Å². The Balaban J connectivity index is 1.60. The molecule has 176 valence electrons. The third-order valence-corrected chi connectivity index (χ3v) is 6.49. The van der Waals surface area contributed by atoms with Crippen molar-refractivity contribution in [1.82, 2.24) is 19.4 Å². The van der Waals surface area contributed by atoms with E-state index in [0.717, 1.165) is 47.7 Å². The summed E-state index contributed by atoms with van der Waals surface area (Å²) in [6.07, 6.45) is 19.4. The van der Waals surface area contributed by atoms with Crippen molar-refractivity contribution in [3.8, 4) is 18.4 Å². The van der Waals surface area contributed by atoms with Gasteiger partial charge in [-0.25, -0.2) is 4.98 Å². The minimum atomic E-state index is 0.401. The van der Waals surface area contributed by atoms with Crippen molar-refractivity contribution in [2.45, 2.75) is 46.0 Å². The van der Waals surface area contributed by atoms with Crippen molar-refractivity contribution in [3.05, 3.63) is 88.4 Å². The Morgan fingerprint density at radius 2 is 2.14 bits per heavy atom. The first-order chi connectivity index (χ1) is 17.0. The van der Waals surface area contributed by atoms with E-state index in [4.69, 9.17) is 16.7 Å². The SMILES string of the molecule is C#C/C=C\c1[nH]cc(CCNc2cc(Cc3ccc(C#N)cn3)cn3c(C(C)CC)cnc23)c1C. The number of nitrogens with one attached hydrogen (secondary N) is 2. The number of aromatic nitrogens is 4. The lowest BCUT2D eigenvalue weighted by molar-refractivity contribution is 0.700. The molecule has 0 saturated heterocycles. The number of hydrogen-bond acceptors (Lipinski definition) is 4. The number of anilines is 1. The molecule has 6 heteroatoms. The van der Waals surface area contributed by atoms with E-state index in [2.05, 4.69) is 64.7 Å². The summed E-state index contributed by atoms with van der Waals surface area (Å²) >= 11 is 0. The molecular formula is C29H30N6. The molecule has 6 nitrogen and oxygen atoms in total. The van der Waals surface area contributed by atoms with Gasteiger partial charge in [-0.1, -0.05) is 19.8 Å². The van der Waals surface area contributed by atoms with Crippen molar-refractivity contribution in [3.63, 3.8) is 0 Å². The molecule has 35 heavy (non-hydrogen) atoms. The zero-order chi connectivity index (χ0) is 24.8. The average Bonchev–Trinajstić information content (AvgIpc) is 3.46. The maximum atomic E-state index is 9.05. The molecular weight excluding hydrogens is 432 g/mol. The minimum absolute atomic E-state index is 0.401. The van der Waals surface area contributed by atoms with Crippen LogP contribution < -0.4 is 5.32 Å². The molecule has 1 atom stereocenters. The first kappa shape index (κ1) is 23.9. The summed E-state index contributed by atoms with van der Waals surface area (Å²) in [4.78, 5) is 12.5. The fourth-order valence-electron chi connectivity index (χ4n) is 4.22. The van der Waals surface area contributed by atoms with Crippen molar-refractivity contribution >= 4 is 17.4 Å². The number of pyridine rings is 2. The molecule has 4 aromatic heterocycles. The highest BCUT2D eigenvalue weighted by Crippen LogP contribution is 2.26. The maximum absolute atomic E-state index is 9.05. The Hall–Kier alpha value is -4.29. The van der Waals surface area contributed by atoms with Crippen LogP contribution in [0.15, 0.2) is 49.1 Å². The molecule has 0 amide bonds. The van der Waals surface area contributed by atoms with E-state index in [1.54, 1.807) is 12.3 Å². The van der Waals surface area contributed by atoms with Crippen LogP contribution in [-0.4, -0.2) is 25.9 Å². The molecule has 4 aromatic rings. The number of hydrogen-bond donors (Lipinski definition) is 2. The molecule has 0 aliphatic heterocycles. The maximum Gasteiger partial charge on any atom is 0.160 e. The van der Waals surface area contributed by atoms with Gasteiger partial charge in [0.05, 0.1) is 11.3 Å². The van der Waals surface area contributed by atoms with Crippen LogP contribution in [0, 0.1) is 30.6 Å². The Morgan fingerprint density at radius 1 is 1.29 bits per heavy atom. The lowest BCUT2D eigenvalue weighted by Gasteiger charge is -2.14. The van der Waals surface area contributed by atoms with Crippen LogP contribution in [0.25, 0.3) is 11.7 Å². The van der Waals surface area contributed by atoms with Gasteiger partial charge >= 0.3 is 0 Å². The van der Waals surface area contributed by atoms with Crippen molar-refractivity contribution in [2.75, 3.05) is 11.9 Å². The zero-order valence-corrected chi connectivity index (χ0v) is 20.5. The predicted octanol–water partition coefficient (Wildman–Crippen LogP) is 5.64. The smallest absolute Gasteiger partial charge is 0.160 e. The second kappa shape index (κ2) is 10.8. The van der Waals surface area contributed by atoms with Crippen LogP contribution in [0.2, 0.25) is 0 Å². The number of nitriles is 1. The van der Waals surface area contributed by atoms with Gasteiger partial charge in [0.2, 0.25) is 0 Å². The van der Waals surface area contributed by atoms with Gasteiger partial charge in [-0.05, 0) is 72.7 Å². The van der Waals surface area contributed by atoms with Gasteiger partial charge in [0.1, 0.15) is 6.07 Å². The van der Waals surface area contributed by atoms with Crippen molar-refractivity contribution < 1.29 is 0 Å². The summed E-state index contributed by atoms with van der Waals surface area (Å²) < 4.78 is 2.21. The number of allylic oxidation sites excluding steroid dienone is 1. The molecule has 0 spiro atoms. The number of terminal acetylenes is 1. The Morgan fingerprint density at radius 3 is 2.86 bits per heavy atom. The fraction of sp³-hybridized carbons (Fsp3) is 0.276. The summed E-state index contributed by atoms with van der Waals surface area (Å²) in [7, 11) is 0. The quantitative estimate of drug-likeness (QED) is 0.315. The summed E-state index contributed by atoms with van der Waals surface area (Å²) in [5.41, 5.74) is 9.28. The predicted molar refractivity (Wildman–Crippen MR) is 141 cm³/mol. The summed E-state index contributed by atoms with van der Waals surface area (Å²) in [5.74, 6) is 2.94. The fourth-order valence-corrected chi connectivity index (χ4v) is 4.22. The third-order valence-electron chi connectivity index (χ3n) is 6.49. The molecule has 4 rings (SSSR count). The van der Waals surface area contributed by atoms with E-state index in [1.807, 2.05) is 30.6 Å².